The van der Waals surface area contributed by atoms with E-state index in [0.29, 0.717) is 0 Å². The fraction of sp³-hybridized carbons (Fsp3) is 0.148. The van der Waals surface area contributed by atoms with Gasteiger partial charge in [0.15, 0.2) is 105 Å². The van der Waals surface area contributed by atoms with Gasteiger partial charge in [0.25, 0.3) is 13.4 Å². The van der Waals surface area contributed by atoms with Crippen LogP contribution in [-0.2, 0) is 10.8 Å². The Hall–Kier alpha value is -7.31. The molecule has 0 bridgehead atoms. The molecule has 1 aliphatic rings. The smallest absolute Gasteiger partial charge is 0.257 e. The van der Waals surface area contributed by atoms with Crippen molar-refractivity contribution in [2.75, 3.05) is 4.90 Å². The van der Waals surface area contributed by atoms with Crippen molar-refractivity contribution in [3.8, 4) is 11.1 Å². The fourth-order valence-corrected chi connectivity index (χ4v) is 10.0. The zero-order valence-electron chi connectivity index (χ0n) is 39.4. The van der Waals surface area contributed by atoms with Crippen molar-refractivity contribution < 1.29 is 79.0 Å². The van der Waals surface area contributed by atoms with Gasteiger partial charge in [-0.1, -0.05) is 107 Å². The van der Waals surface area contributed by atoms with E-state index in [4.69, 9.17) is 0 Å². The molecule has 21 heteroatoms. The topological polar surface area (TPSA) is 3.24 Å². The van der Waals surface area contributed by atoms with Gasteiger partial charge < -0.3 is 4.90 Å². The highest BCUT2D eigenvalue weighted by Crippen LogP contribution is 2.50. The Labute approximate surface area is 415 Å². The van der Waals surface area contributed by atoms with Crippen molar-refractivity contribution >= 4 is 74.0 Å². The lowest BCUT2D eigenvalue weighted by molar-refractivity contribution is 0.384. The Balaban J connectivity index is 1.40. The minimum absolute atomic E-state index is 0.0209. The normalized spacial score (nSPS) is 12.5. The van der Waals surface area contributed by atoms with E-state index >= 15 is 70.2 Å². The van der Waals surface area contributed by atoms with Crippen LogP contribution in [0.3, 0.4) is 0 Å². The van der Waals surface area contributed by atoms with E-state index < -0.39 is 173 Å². The molecular formula is C54H31B2F18N. The molecule has 75 heavy (non-hydrogen) atoms. The van der Waals surface area contributed by atoms with Gasteiger partial charge in [0.2, 0.25) is 0 Å². The molecule has 0 aliphatic carbocycles. The summed E-state index contributed by atoms with van der Waals surface area (Å²) >= 11 is 0. The standard InChI is InChI=1S/C54H31B2F18N/c1-53(2,3)29-35(57)39(61)31(40(62)36(29)58)55(32-43(65)47(69)51(73)48(70)44(32)66)20-15-16-22-23-17-18-25(24-13-10-14-26(28(23)24)75(27(22)19-20)21-11-8-7-9-12-21)56(34-45(67)49(71)52(74)50(72)46(34)68)33-41(63)37(59)30(54(4,5)6)38(60)42(33)64/h7-19H,1-6H3. The number of para-hydroxylation sites is 1. The second kappa shape index (κ2) is 18.2. The second-order valence-corrected chi connectivity index (χ2v) is 19.8. The van der Waals surface area contributed by atoms with E-state index in [-0.39, 0.29) is 39.0 Å². The van der Waals surface area contributed by atoms with Crippen LogP contribution in [0.4, 0.5) is 96.1 Å². The van der Waals surface area contributed by atoms with Crippen LogP contribution >= 0.6 is 0 Å². The van der Waals surface area contributed by atoms with Crippen LogP contribution in [0.15, 0.2) is 78.9 Å². The van der Waals surface area contributed by atoms with Gasteiger partial charge >= 0.3 is 0 Å². The fourth-order valence-electron chi connectivity index (χ4n) is 10.0. The number of nitrogens with zero attached hydrogens (tertiary/aromatic N) is 1. The van der Waals surface area contributed by atoms with E-state index in [0.717, 1.165) is 57.2 Å². The van der Waals surface area contributed by atoms with Crippen LogP contribution in [0.2, 0.25) is 0 Å². The molecule has 0 amide bonds. The van der Waals surface area contributed by atoms with Gasteiger partial charge in [-0.05, 0) is 46.0 Å². The van der Waals surface area contributed by atoms with Crippen LogP contribution in [0.5, 0.6) is 0 Å². The van der Waals surface area contributed by atoms with Crippen molar-refractivity contribution in [2.24, 2.45) is 0 Å². The van der Waals surface area contributed by atoms with Crippen LogP contribution in [-0.4, -0.2) is 13.4 Å². The maximum Gasteiger partial charge on any atom is 0.257 e. The van der Waals surface area contributed by atoms with Crippen LogP contribution in [0.25, 0.3) is 21.9 Å². The number of anilines is 3. The summed E-state index contributed by atoms with van der Waals surface area (Å²) in [5.41, 5.74) is -14.9. The summed E-state index contributed by atoms with van der Waals surface area (Å²) in [4.78, 5) is 1.27. The van der Waals surface area contributed by atoms with Crippen LogP contribution in [0, 0.1) is 105 Å². The molecule has 0 unspecified atom stereocenters. The molecule has 0 spiro atoms. The highest BCUT2D eigenvalue weighted by molar-refractivity contribution is 6.97. The second-order valence-electron chi connectivity index (χ2n) is 19.8. The molecule has 384 valence electrons. The van der Waals surface area contributed by atoms with Crippen LogP contribution in [0.1, 0.15) is 52.7 Å². The number of fused-ring (bicyclic) bond motifs is 2. The first-order chi connectivity index (χ1) is 35.1. The average molecular weight is 1060 g/mol. The summed E-state index contributed by atoms with van der Waals surface area (Å²) in [5.74, 6) is -43.6. The molecular weight excluding hydrogens is 1030 g/mol. The highest BCUT2D eigenvalue weighted by atomic mass is 19.2. The highest BCUT2D eigenvalue weighted by Gasteiger charge is 2.45. The Kier molecular flexibility index (Phi) is 12.8. The number of benzene rings is 8. The molecule has 0 N–H and O–H groups in total. The molecule has 1 heterocycles. The molecule has 0 aromatic heterocycles. The van der Waals surface area contributed by atoms with E-state index in [1.807, 2.05) is 0 Å². The largest absolute Gasteiger partial charge is 0.309 e. The maximum absolute atomic E-state index is 16.7. The summed E-state index contributed by atoms with van der Waals surface area (Å²) in [6, 6.07) is 15.7. The van der Waals surface area contributed by atoms with Crippen molar-refractivity contribution in [2.45, 2.75) is 52.4 Å². The summed E-state index contributed by atoms with van der Waals surface area (Å²) in [7, 11) is 0. The predicted molar refractivity (Wildman–Crippen MR) is 249 cm³/mol. The van der Waals surface area contributed by atoms with Gasteiger partial charge in [-0.15, -0.1) is 0 Å². The van der Waals surface area contributed by atoms with Crippen molar-refractivity contribution in [3.63, 3.8) is 0 Å². The molecule has 0 fully saturated rings. The molecule has 0 radical (unpaired) electrons. The van der Waals surface area contributed by atoms with Gasteiger partial charge in [0.05, 0.1) is 11.4 Å². The first-order valence-electron chi connectivity index (χ1n) is 22.4. The maximum atomic E-state index is 16.7. The molecule has 8 aromatic rings. The molecule has 0 saturated heterocycles. The number of rotatable bonds is 7. The Morgan fingerprint density at radius 3 is 1.12 bits per heavy atom. The molecule has 8 aromatic carbocycles. The third kappa shape index (κ3) is 7.84. The molecule has 1 nitrogen and oxygen atoms in total. The Morgan fingerprint density at radius 2 is 0.707 bits per heavy atom. The van der Waals surface area contributed by atoms with Gasteiger partial charge in [-0.2, -0.15) is 0 Å². The summed E-state index contributed by atoms with van der Waals surface area (Å²) in [5, 5.41) is -0.432. The predicted octanol–water partition coefficient (Wildman–Crippen LogP) is 12.4. The van der Waals surface area contributed by atoms with Gasteiger partial charge in [-0.25, -0.2) is 79.0 Å². The van der Waals surface area contributed by atoms with Crippen molar-refractivity contribution in [1.82, 2.24) is 0 Å². The average Bonchev–Trinajstić information content (AvgIpc) is 3.36. The number of halogens is 18. The number of hydrogen-bond acceptors (Lipinski definition) is 1. The first kappa shape index (κ1) is 52.5. The lowest BCUT2D eigenvalue weighted by atomic mass is 9.35. The molecule has 0 saturated carbocycles. The molecule has 0 atom stereocenters. The zero-order chi connectivity index (χ0) is 55.0. The van der Waals surface area contributed by atoms with Gasteiger partial charge in [0.1, 0.15) is 0 Å². The third-order valence-corrected chi connectivity index (χ3v) is 13.2. The Morgan fingerprint density at radius 1 is 0.333 bits per heavy atom. The molecule has 1 aliphatic heterocycles. The lowest BCUT2D eigenvalue weighted by Gasteiger charge is -2.35. The first-order valence-corrected chi connectivity index (χ1v) is 22.4. The van der Waals surface area contributed by atoms with E-state index in [9.17, 15) is 8.78 Å². The Bertz CT molecular complexity index is 3640. The van der Waals surface area contributed by atoms with E-state index in [2.05, 4.69) is 0 Å². The van der Waals surface area contributed by atoms with E-state index in [1.165, 1.54) is 68.1 Å². The summed E-state index contributed by atoms with van der Waals surface area (Å²) < 4.78 is 285. The van der Waals surface area contributed by atoms with E-state index in [1.54, 1.807) is 0 Å². The van der Waals surface area contributed by atoms with Crippen molar-refractivity contribution in [3.05, 3.63) is 195 Å². The van der Waals surface area contributed by atoms with Gasteiger partial charge in [-0.3, -0.25) is 0 Å². The molecule has 9 rings (SSSR count). The zero-order valence-corrected chi connectivity index (χ0v) is 39.4. The minimum Gasteiger partial charge on any atom is -0.309 e. The number of hydrogen-bond donors (Lipinski definition) is 0. The monoisotopic (exact) mass is 1060 g/mol. The summed E-state index contributed by atoms with van der Waals surface area (Å²) in [6.07, 6.45) is 0. The van der Waals surface area contributed by atoms with Crippen LogP contribution < -0.4 is 37.7 Å². The van der Waals surface area contributed by atoms with Gasteiger partial charge in [0, 0.05) is 49.6 Å². The minimum atomic E-state index is -2.90. The van der Waals surface area contributed by atoms with Crippen molar-refractivity contribution in [1.29, 1.82) is 0 Å². The quantitative estimate of drug-likeness (QED) is 0.0665. The lowest BCUT2D eigenvalue weighted by Crippen LogP contribution is -2.58. The SMILES string of the molecule is CC(C)(C)c1c(F)c(F)c(B(c2ccc3c(c2)N(c2ccccc2)c2cccc4c(B(c5c(F)c(F)c(F)c(F)c5F)c5c(F)c(F)c(C(C)(C)C)c(F)c5F)ccc-3c24)c2c(F)c(F)c(F)c(F)c2F)c(F)c1F. The third-order valence-electron chi connectivity index (χ3n) is 13.2. The summed E-state index contributed by atoms with van der Waals surface area (Å²) in [6.45, 7) is 1.19.